The maximum atomic E-state index is 11.0. The van der Waals surface area contributed by atoms with Crippen molar-refractivity contribution in [3.8, 4) is 0 Å². The molecule has 0 aliphatic rings. The van der Waals surface area contributed by atoms with Gasteiger partial charge in [0.25, 0.3) is 0 Å². The monoisotopic (exact) mass is 208 g/mol. The molecule has 1 unspecified atom stereocenters. The zero-order chi connectivity index (χ0) is 11.6. The standard InChI is InChI=1S/C12H16O3/c1-8(2)12(3,15)10-7-5-4-6-9(10)11(13)14/h4-8,15H,1-3H3,(H,13,14). The first-order chi connectivity index (χ1) is 6.87. The predicted molar refractivity (Wildman–Crippen MR) is 57.8 cm³/mol. The van der Waals surface area contributed by atoms with Crippen molar-refractivity contribution in [2.75, 3.05) is 0 Å². The number of hydrogen-bond acceptors (Lipinski definition) is 2. The van der Waals surface area contributed by atoms with Crippen LogP contribution in [-0.2, 0) is 5.60 Å². The summed E-state index contributed by atoms with van der Waals surface area (Å²) in [6.07, 6.45) is 0. The van der Waals surface area contributed by atoms with Crippen LogP contribution in [0.2, 0.25) is 0 Å². The fraction of sp³-hybridized carbons (Fsp3) is 0.417. The summed E-state index contributed by atoms with van der Waals surface area (Å²) in [5.74, 6) is -1.05. The maximum Gasteiger partial charge on any atom is 0.336 e. The summed E-state index contributed by atoms with van der Waals surface area (Å²) in [6, 6.07) is 6.56. The Labute approximate surface area is 89.4 Å². The number of carbonyl (C=O) groups is 1. The Morgan fingerprint density at radius 1 is 1.33 bits per heavy atom. The lowest BCUT2D eigenvalue weighted by molar-refractivity contribution is 0.00747. The minimum atomic E-state index is -1.12. The predicted octanol–water partition coefficient (Wildman–Crippen LogP) is 2.25. The van der Waals surface area contributed by atoms with Crippen LogP contribution in [-0.4, -0.2) is 16.2 Å². The SMILES string of the molecule is CC(C)C(C)(O)c1ccccc1C(=O)O. The van der Waals surface area contributed by atoms with Gasteiger partial charge in [-0.1, -0.05) is 32.0 Å². The Morgan fingerprint density at radius 2 is 1.87 bits per heavy atom. The molecule has 1 atom stereocenters. The van der Waals surface area contributed by atoms with E-state index in [2.05, 4.69) is 0 Å². The third-order valence-electron chi connectivity index (χ3n) is 2.83. The molecule has 1 aromatic carbocycles. The van der Waals surface area contributed by atoms with E-state index >= 15 is 0 Å². The normalized spacial score (nSPS) is 15.0. The lowest BCUT2D eigenvalue weighted by Gasteiger charge is -2.29. The van der Waals surface area contributed by atoms with Gasteiger partial charge in [-0.3, -0.25) is 0 Å². The van der Waals surface area contributed by atoms with E-state index in [4.69, 9.17) is 5.11 Å². The Kier molecular flexibility index (Phi) is 3.15. The van der Waals surface area contributed by atoms with E-state index < -0.39 is 11.6 Å². The Bertz CT molecular complexity index is 367. The molecule has 0 radical (unpaired) electrons. The van der Waals surface area contributed by atoms with Crippen LogP contribution in [0.4, 0.5) is 0 Å². The van der Waals surface area contributed by atoms with Gasteiger partial charge >= 0.3 is 5.97 Å². The number of carboxylic acids is 1. The van der Waals surface area contributed by atoms with Crippen molar-refractivity contribution in [2.45, 2.75) is 26.4 Å². The van der Waals surface area contributed by atoms with E-state index in [1.807, 2.05) is 13.8 Å². The Morgan fingerprint density at radius 3 is 2.33 bits per heavy atom. The van der Waals surface area contributed by atoms with Gasteiger partial charge in [-0.05, 0) is 24.5 Å². The Balaban J connectivity index is 3.31. The largest absolute Gasteiger partial charge is 0.478 e. The molecule has 0 saturated heterocycles. The van der Waals surface area contributed by atoms with Gasteiger partial charge in [0, 0.05) is 0 Å². The Hall–Kier alpha value is -1.35. The molecule has 0 amide bonds. The summed E-state index contributed by atoms with van der Waals surface area (Å²) in [7, 11) is 0. The van der Waals surface area contributed by atoms with Gasteiger partial charge in [0.05, 0.1) is 11.2 Å². The second kappa shape index (κ2) is 4.03. The first kappa shape index (κ1) is 11.7. The van der Waals surface area contributed by atoms with Crippen LogP contribution < -0.4 is 0 Å². The van der Waals surface area contributed by atoms with Crippen LogP contribution in [0.3, 0.4) is 0 Å². The molecule has 0 spiro atoms. The van der Waals surface area contributed by atoms with Crippen LogP contribution in [0.25, 0.3) is 0 Å². The van der Waals surface area contributed by atoms with Gasteiger partial charge in [-0.2, -0.15) is 0 Å². The highest BCUT2D eigenvalue weighted by molar-refractivity contribution is 5.89. The molecule has 82 valence electrons. The average Bonchev–Trinajstić information content (AvgIpc) is 2.17. The number of hydrogen-bond donors (Lipinski definition) is 2. The van der Waals surface area contributed by atoms with Crippen molar-refractivity contribution in [1.82, 2.24) is 0 Å². The van der Waals surface area contributed by atoms with Crippen LogP contribution >= 0.6 is 0 Å². The highest BCUT2D eigenvalue weighted by atomic mass is 16.4. The molecule has 0 aliphatic heterocycles. The summed E-state index contributed by atoms with van der Waals surface area (Å²) in [4.78, 5) is 11.0. The highest BCUT2D eigenvalue weighted by Crippen LogP contribution is 2.31. The fourth-order valence-electron chi connectivity index (χ4n) is 1.42. The third kappa shape index (κ3) is 2.18. The van der Waals surface area contributed by atoms with E-state index in [-0.39, 0.29) is 11.5 Å². The highest BCUT2D eigenvalue weighted by Gasteiger charge is 2.30. The molecule has 2 N–H and O–H groups in total. The van der Waals surface area contributed by atoms with E-state index in [0.29, 0.717) is 5.56 Å². The number of rotatable bonds is 3. The summed E-state index contributed by atoms with van der Waals surface area (Å²) in [5, 5.41) is 19.2. The van der Waals surface area contributed by atoms with Crippen molar-refractivity contribution in [1.29, 1.82) is 0 Å². The minimum absolute atomic E-state index is 0.0435. The summed E-state index contributed by atoms with van der Waals surface area (Å²) >= 11 is 0. The molecule has 0 bridgehead atoms. The average molecular weight is 208 g/mol. The second-order valence-corrected chi connectivity index (χ2v) is 4.15. The fourth-order valence-corrected chi connectivity index (χ4v) is 1.42. The van der Waals surface area contributed by atoms with Gasteiger partial charge in [0.1, 0.15) is 0 Å². The van der Waals surface area contributed by atoms with Gasteiger partial charge in [-0.15, -0.1) is 0 Å². The van der Waals surface area contributed by atoms with Crippen LogP contribution in [0.15, 0.2) is 24.3 Å². The molecule has 1 rings (SSSR count). The zero-order valence-corrected chi connectivity index (χ0v) is 9.19. The first-order valence-electron chi connectivity index (χ1n) is 4.92. The minimum Gasteiger partial charge on any atom is -0.478 e. The second-order valence-electron chi connectivity index (χ2n) is 4.15. The molecule has 1 aromatic rings. The van der Waals surface area contributed by atoms with Crippen molar-refractivity contribution >= 4 is 5.97 Å². The van der Waals surface area contributed by atoms with Crippen LogP contribution in [0, 0.1) is 5.92 Å². The molecule has 0 fully saturated rings. The third-order valence-corrected chi connectivity index (χ3v) is 2.83. The maximum absolute atomic E-state index is 11.0. The van der Waals surface area contributed by atoms with Crippen molar-refractivity contribution in [2.24, 2.45) is 5.92 Å². The van der Waals surface area contributed by atoms with Crippen molar-refractivity contribution in [3.05, 3.63) is 35.4 Å². The van der Waals surface area contributed by atoms with Gasteiger partial charge < -0.3 is 10.2 Å². The molecule has 3 nitrogen and oxygen atoms in total. The van der Waals surface area contributed by atoms with E-state index in [1.165, 1.54) is 6.07 Å². The van der Waals surface area contributed by atoms with E-state index in [9.17, 15) is 9.90 Å². The topological polar surface area (TPSA) is 57.5 Å². The number of carboxylic acid groups (broad SMARTS) is 1. The van der Waals surface area contributed by atoms with Gasteiger partial charge in [0.15, 0.2) is 0 Å². The lowest BCUT2D eigenvalue weighted by Crippen LogP contribution is -2.30. The number of aromatic carboxylic acids is 1. The first-order valence-corrected chi connectivity index (χ1v) is 4.92. The number of aliphatic hydroxyl groups is 1. The summed E-state index contributed by atoms with van der Waals surface area (Å²) in [5.41, 5.74) is -0.488. The van der Waals surface area contributed by atoms with Gasteiger partial charge in [-0.25, -0.2) is 4.79 Å². The smallest absolute Gasteiger partial charge is 0.336 e. The van der Waals surface area contributed by atoms with Crippen molar-refractivity contribution < 1.29 is 15.0 Å². The molecule has 0 heterocycles. The van der Waals surface area contributed by atoms with Gasteiger partial charge in [0.2, 0.25) is 0 Å². The summed E-state index contributed by atoms with van der Waals surface area (Å²) in [6.45, 7) is 5.36. The molecule has 0 saturated carbocycles. The van der Waals surface area contributed by atoms with Crippen LogP contribution in [0.5, 0.6) is 0 Å². The molecule has 3 heteroatoms. The molecule has 0 aromatic heterocycles. The molecule has 0 aliphatic carbocycles. The van der Waals surface area contributed by atoms with E-state index in [0.717, 1.165) is 0 Å². The van der Waals surface area contributed by atoms with Crippen molar-refractivity contribution in [3.63, 3.8) is 0 Å². The lowest BCUT2D eigenvalue weighted by atomic mass is 9.83. The van der Waals surface area contributed by atoms with E-state index in [1.54, 1.807) is 25.1 Å². The quantitative estimate of drug-likeness (QED) is 0.801. The molecular weight excluding hydrogens is 192 g/mol. The summed E-state index contributed by atoms with van der Waals surface area (Å²) < 4.78 is 0. The number of benzene rings is 1. The van der Waals surface area contributed by atoms with Crippen LogP contribution in [0.1, 0.15) is 36.7 Å². The molecule has 15 heavy (non-hydrogen) atoms. The zero-order valence-electron chi connectivity index (χ0n) is 9.19. The molecular formula is C12H16O3.